The average molecular weight is 942 g/mol. The number of nitrogens with one attached hydrogen (secondary N) is 1. The molecule has 1 N–H and O–H groups in total. The molecule has 354 valence electrons. The number of benzene rings is 1. The monoisotopic (exact) mass is 941 g/mol. The van der Waals surface area contributed by atoms with Crippen molar-refractivity contribution in [3.63, 3.8) is 0 Å². The minimum atomic E-state index is -4.26. The molecule has 1 aliphatic carbocycles. The number of hydrogen-bond donors (Lipinski definition) is 1. The van der Waals surface area contributed by atoms with E-state index in [4.69, 9.17) is 28.9 Å². The van der Waals surface area contributed by atoms with Crippen molar-refractivity contribution >= 4 is 55.3 Å². The Bertz CT molecular complexity index is 2620. The smallest absolute Gasteiger partial charge is 0.412 e. The lowest BCUT2D eigenvalue weighted by molar-refractivity contribution is -0.149. The number of pyridine rings is 1. The molecule has 2 bridgehead atoms. The Morgan fingerprint density at radius 1 is 0.939 bits per heavy atom. The quantitative estimate of drug-likeness (QED) is 0.160. The Morgan fingerprint density at radius 2 is 1.59 bits per heavy atom. The normalized spacial score (nSPS) is 21.0. The van der Waals surface area contributed by atoms with Gasteiger partial charge in [-0.3, -0.25) is 15.2 Å². The molecule has 2 unspecified atom stereocenters. The van der Waals surface area contributed by atoms with Gasteiger partial charge in [-0.25, -0.2) is 18.4 Å². The third-order valence-electron chi connectivity index (χ3n) is 12.7. The van der Waals surface area contributed by atoms with Gasteiger partial charge in [-0.2, -0.15) is 28.4 Å². The van der Waals surface area contributed by atoms with Gasteiger partial charge < -0.3 is 33.6 Å². The van der Waals surface area contributed by atoms with Gasteiger partial charge in [0.05, 0.1) is 53.9 Å². The molecule has 9 rings (SSSR count). The number of carbonyl (C=O) groups is 2. The highest BCUT2D eigenvalue weighted by molar-refractivity contribution is 7.23. The molecule has 1 aromatic carbocycles. The molecule has 15 nitrogen and oxygen atoms in total. The third-order valence-corrected chi connectivity index (χ3v) is 13.8. The number of anilines is 2. The van der Waals surface area contributed by atoms with Gasteiger partial charge >= 0.3 is 24.4 Å². The maximum Gasteiger partial charge on any atom is 0.412 e. The van der Waals surface area contributed by atoms with Crippen LogP contribution in [-0.2, 0) is 27.4 Å². The maximum absolute atomic E-state index is 18.0. The lowest BCUT2D eigenvalue weighted by Crippen LogP contribution is -2.56. The number of piperazine rings is 2. The zero-order valence-electron chi connectivity index (χ0n) is 37.7. The Kier molecular flexibility index (Phi) is 11.7. The Balaban J connectivity index is 1.12. The molecule has 0 spiro atoms. The summed E-state index contributed by atoms with van der Waals surface area (Å²) < 4.78 is 96.5. The molecule has 21 heteroatoms. The van der Waals surface area contributed by atoms with Crippen LogP contribution >= 0.6 is 11.3 Å². The molecule has 5 aliphatic rings. The highest BCUT2D eigenvalue weighted by Crippen LogP contribution is 2.50. The maximum atomic E-state index is 18.0. The van der Waals surface area contributed by atoms with Gasteiger partial charge in [-0.1, -0.05) is 0 Å². The van der Waals surface area contributed by atoms with Crippen LogP contribution in [0.4, 0.5) is 42.4 Å². The van der Waals surface area contributed by atoms with Crippen LogP contribution in [0.3, 0.4) is 0 Å². The van der Waals surface area contributed by atoms with E-state index in [0.717, 1.165) is 43.2 Å². The van der Waals surface area contributed by atoms with Crippen LogP contribution < -0.4 is 15.0 Å². The predicted octanol–water partition coefficient (Wildman–Crippen LogP) is 8.36. The number of likely N-dealkylation sites (tertiary alicyclic amines) is 1. The van der Waals surface area contributed by atoms with Gasteiger partial charge in [-0.15, -0.1) is 11.3 Å². The fraction of sp³-hybridized carbons (Fsp3) is 0.600. The molecular weight excluding hydrogens is 890 g/mol. The molecule has 66 heavy (non-hydrogen) atoms. The van der Waals surface area contributed by atoms with E-state index in [1.807, 2.05) is 20.8 Å². The minimum Gasteiger partial charge on any atom is -0.463 e. The van der Waals surface area contributed by atoms with Gasteiger partial charge in [0.1, 0.15) is 33.6 Å². The van der Waals surface area contributed by atoms with E-state index >= 15 is 8.78 Å². The Labute approximate surface area is 382 Å². The lowest BCUT2D eigenvalue weighted by Gasteiger charge is -2.42. The van der Waals surface area contributed by atoms with E-state index in [0.29, 0.717) is 68.1 Å². The van der Waals surface area contributed by atoms with Crippen molar-refractivity contribution in [2.45, 2.75) is 110 Å². The van der Waals surface area contributed by atoms with E-state index in [-0.39, 0.29) is 80.8 Å². The summed E-state index contributed by atoms with van der Waals surface area (Å²) in [6, 6.07) is 1.54. The molecule has 2 amide bonds. The number of fused-ring (bicyclic) bond motifs is 6. The number of aromatic nitrogens is 3. The van der Waals surface area contributed by atoms with Crippen LogP contribution in [0.25, 0.3) is 32.2 Å². The summed E-state index contributed by atoms with van der Waals surface area (Å²) in [5.74, 6) is -1.18. The highest BCUT2D eigenvalue weighted by Gasteiger charge is 2.47. The number of amides is 2. The number of nitrogens with zero attached hydrogens (tertiary/aromatic N) is 8. The highest BCUT2D eigenvalue weighted by atomic mass is 32.1. The van der Waals surface area contributed by atoms with Crippen molar-refractivity contribution in [3.05, 3.63) is 34.5 Å². The molecule has 4 aliphatic heterocycles. The summed E-state index contributed by atoms with van der Waals surface area (Å²) in [6.45, 7) is 12.5. The summed E-state index contributed by atoms with van der Waals surface area (Å²) in [5, 5.41) is 13.4. The van der Waals surface area contributed by atoms with Crippen LogP contribution in [0.1, 0.15) is 83.9 Å². The van der Waals surface area contributed by atoms with Crippen LogP contribution in [0.15, 0.2) is 6.20 Å². The van der Waals surface area contributed by atoms with E-state index < -0.39 is 47.7 Å². The first-order valence-electron chi connectivity index (χ1n) is 22.1. The van der Waals surface area contributed by atoms with Crippen molar-refractivity contribution in [1.82, 2.24) is 29.7 Å². The molecular formula is C45H52F5N9O6S. The van der Waals surface area contributed by atoms with Crippen LogP contribution in [0, 0.1) is 28.4 Å². The van der Waals surface area contributed by atoms with Crippen molar-refractivity contribution in [1.29, 1.82) is 5.26 Å². The van der Waals surface area contributed by atoms with E-state index in [2.05, 4.69) is 26.2 Å². The zero-order valence-corrected chi connectivity index (χ0v) is 38.5. The van der Waals surface area contributed by atoms with Crippen LogP contribution in [0.5, 0.6) is 6.01 Å². The van der Waals surface area contributed by atoms with Crippen molar-refractivity contribution in [2.24, 2.45) is 5.41 Å². The number of carbonyl (C=O) groups excluding carboxylic acids is 2. The second kappa shape index (κ2) is 16.9. The summed E-state index contributed by atoms with van der Waals surface area (Å²) in [7, 11) is 0. The first-order valence-corrected chi connectivity index (χ1v) is 23.0. The zero-order chi connectivity index (χ0) is 47.1. The SMILES string of the molecule is CC(C)(C)OC(=O)Nc1sc2c(F)cnc(-c3c4c(c5c(N6C7CCC6CN(C(=O)OC(C)(C)C)C7)nc(OCC6(CN7CCN(CC(F)(F)F)CC7)CC6)nc5c3F)COC4)c2c1C#N. The van der Waals surface area contributed by atoms with E-state index in [9.17, 15) is 28.0 Å². The topological polar surface area (TPSA) is 159 Å². The van der Waals surface area contributed by atoms with Gasteiger partial charge in [-0.05, 0) is 78.4 Å². The first kappa shape index (κ1) is 46.0. The summed E-state index contributed by atoms with van der Waals surface area (Å²) >= 11 is 0.803. The summed E-state index contributed by atoms with van der Waals surface area (Å²) in [4.78, 5) is 47.8. The number of hydrogen-bond acceptors (Lipinski definition) is 14. The van der Waals surface area contributed by atoms with Crippen molar-refractivity contribution in [3.8, 4) is 23.3 Å². The largest absolute Gasteiger partial charge is 0.463 e. The summed E-state index contributed by atoms with van der Waals surface area (Å²) in [5.41, 5.74) is -1.19. The van der Waals surface area contributed by atoms with Crippen LogP contribution in [0.2, 0.25) is 0 Å². The summed E-state index contributed by atoms with van der Waals surface area (Å²) in [6.07, 6.45) is -1.53. The lowest BCUT2D eigenvalue weighted by atomic mass is 9.93. The van der Waals surface area contributed by atoms with E-state index in [1.54, 1.807) is 25.7 Å². The van der Waals surface area contributed by atoms with Crippen molar-refractivity contribution < 1.29 is 50.5 Å². The molecule has 4 fully saturated rings. The molecule has 3 saturated heterocycles. The standard InChI is InChI=1S/C45H52F5N9O6S/c1-42(2,3)64-40(60)55-38-26(15-51)31-34(52-16-29(46)36(31)66-38)30-27-19-62-20-28(27)32-35(33(30)47)53-39(63-23-44(9-10-44)21-56-11-13-57(14-12-56)22-45(48,49)50)54-37(32)59-24-7-8-25(59)18-58(17-24)41(61)65-43(4,5)6/h16,24-25H,7-14,17-23H2,1-6H3,(H,55,60). The predicted molar refractivity (Wildman–Crippen MR) is 234 cm³/mol. The number of halogens is 5. The molecule has 1 saturated carbocycles. The molecule has 4 aromatic rings. The minimum absolute atomic E-state index is 0.00196. The average Bonchev–Trinajstić information content (AvgIpc) is 3.49. The van der Waals surface area contributed by atoms with E-state index in [1.165, 1.54) is 4.90 Å². The Hall–Kier alpha value is -5.17. The molecule has 3 aromatic heterocycles. The fourth-order valence-electron chi connectivity index (χ4n) is 9.64. The number of thiophene rings is 1. The number of ether oxygens (including phenoxy) is 4. The van der Waals surface area contributed by atoms with Gasteiger partial charge in [0.25, 0.3) is 0 Å². The van der Waals surface area contributed by atoms with Gasteiger partial charge in [0.2, 0.25) is 0 Å². The first-order chi connectivity index (χ1) is 31.1. The molecule has 0 radical (unpaired) electrons. The second-order valence-corrected chi connectivity index (χ2v) is 21.1. The van der Waals surface area contributed by atoms with Crippen molar-refractivity contribution in [2.75, 3.05) is 69.2 Å². The van der Waals surface area contributed by atoms with Gasteiger partial charge in [0.15, 0.2) is 11.6 Å². The second-order valence-electron chi connectivity index (χ2n) is 20.0. The number of rotatable bonds is 9. The Morgan fingerprint density at radius 3 is 2.21 bits per heavy atom. The number of alkyl halides is 3. The molecule has 7 heterocycles. The molecule has 2 atom stereocenters. The van der Waals surface area contributed by atoms with Gasteiger partial charge in [0, 0.05) is 74.3 Å². The third kappa shape index (κ3) is 9.25. The fourth-order valence-corrected chi connectivity index (χ4v) is 10.7. The van der Waals surface area contributed by atoms with Crippen LogP contribution in [-0.4, -0.2) is 130 Å². The number of nitriles is 1.